The highest BCUT2D eigenvalue weighted by Crippen LogP contribution is 2.25. The summed E-state index contributed by atoms with van der Waals surface area (Å²) < 4.78 is 32.1. The van der Waals surface area contributed by atoms with Crippen LogP contribution in [0.25, 0.3) is 10.2 Å². The molecule has 4 nitrogen and oxygen atoms in total. The summed E-state index contributed by atoms with van der Waals surface area (Å²) in [6.45, 7) is -0.390. The maximum absolute atomic E-state index is 13.4. The molecule has 22 heavy (non-hydrogen) atoms. The quantitative estimate of drug-likeness (QED) is 0.799. The second kappa shape index (κ2) is 6.07. The summed E-state index contributed by atoms with van der Waals surface area (Å²) in [5.41, 5.74) is 0.785. The molecule has 3 rings (SSSR count). The molecule has 3 aromatic rings. The molecular formula is C15H10F2N2O2S. The fraction of sp³-hybridized carbons (Fsp3) is 0.0667. The minimum atomic E-state index is -0.854. The monoisotopic (exact) mass is 320 g/mol. The minimum Gasteiger partial charge on any atom is -0.481 e. The van der Waals surface area contributed by atoms with Crippen LogP contribution in [-0.4, -0.2) is 17.5 Å². The number of amides is 1. The Morgan fingerprint density at radius 3 is 2.82 bits per heavy atom. The summed E-state index contributed by atoms with van der Waals surface area (Å²) in [4.78, 5) is 16.0. The molecule has 0 bridgehead atoms. The number of anilines is 1. The number of hydrogen-bond donors (Lipinski definition) is 1. The van der Waals surface area contributed by atoms with Gasteiger partial charge in [-0.3, -0.25) is 10.1 Å². The summed E-state index contributed by atoms with van der Waals surface area (Å²) in [5.74, 6) is -2.21. The topological polar surface area (TPSA) is 51.2 Å². The lowest BCUT2D eigenvalue weighted by molar-refractivity contribution is -0.118. The first kappa shape index (κ1) is 14.4. The van der Waals surface area contributed by atoms with Crippen LogP contribution in [0.1, 0.15) is 0 Å². The first-order valence-electron chi connectivity index (χ1n) is 6.35. The molecule has 112 valence electrons. The van der Waals surface area contributed by atoms with Crippen LogP contribution in [0.3, 0.4) is 0 Å². The first-order chi connectivity index (χ1) is 10.6. The Hall–Kier alpha value is -2.54. The van der Waals surface area contributed by atoms with E-state index in [-0.39, 0.29) is 5.75 Å². The van der Waals surface area contributed by atoms with Gasteiger partial charge in [0.05, 0.1) is 10.2 Å². The van der Waals surface area contributed by atoms with Crippen molar-refractivity contribution >= 4 is 32.6 Å². The molecule has 2 aromatic carbocycles. The number of ether oxygens (including phenoxy) is 1. The van der Waals surface area contributed by atoms with Gasteiger partial charge in [-0.25, -0.2) is 13.8 Å². The summed E-state index contributed by atoms with van der Waals surface area (Å²) in [6, 6.07) is 10.4. The molecule has 0 aliphatic rings. The number of carbonyl (C=O) groups excluding carboxylic acids is 1. The highest BCUT2D eigenvalue weighted by molar-refractivity contribution is 7.22. The third-order valence-corrected chi connectivity index (χ3v) is 3.74. The summed E-state index contributed by atoms with van der Waals surface area (Å²) in [5, 5.41) is 3.02. The maximum atomic E-state index is 13.4. The van der Waals surface area contributed by atoms with E-state index < -0.39 is 24.1 Å². The molecule has 0 fully saturated rings. The second-order valence-electron chi connectivity index (χ2n) is 4.40. The molecule has 0 saturated carbocycles. The number of halogens is 2. The Balaban J connectivity index is 1.62. The third-order valence-electron chi connectivity index (χ3n) is 2.79. The van der Waals surface area contributed by atoms with Crippen molar-refractivity contribution in [3.63, 3.8) is 0 Å². The number of fused-ring (bicyclic) bond motifs is 1. The van der Waals surface area contributed by atoms with Crippen LogP contribution >= 0.6 is 11.3 Å². The van der Waals surface area contributed by atoms with Gasteiger partial charge in [0, 0.05) is 6.07 Å². The van der Waals surface area contributed by atoms with Crippen LogP contribution < -0.4 is 10.1 Å². The van der Waals surface area contributed by atoms with Gasteiger partial charge < -0.3 is 4.74 Å². The summed E-state index contributed by atoms with van der Waals surface area (Å²) in [6.07, 6.45) is 0. The lowest BCUT2D eigenvalue weighted by Gasteiger charge is -2.06. The Bertz CT molecular complexity index is 802. The summed E-state index contributed by atoms with van der Waals surface area (Å²) in [7, 11) is 0. The fourth-order valence-electron chi connectivity index (χ4n) is 1.82. The molecule has 1 aromatic heterocycles. The van der Waals surface area contributed by atoms with Gasteiger partial charge in [0.2, 0.25) is 0 Å². The van der Waals surface area contributed by atoms with Gasteiger partial charge in [-0.2, -0.15) is 0 Å². The van der Waals surface area contributed by atoms with E-state index in [2.05, 4.69) is 10.3 Å². The van der Waals surface area contributed by atoms with Crippen LogP contribution in [0, 0.1) is 11.6 Å². The number of nitrogens with one attached hydrogen (secondary N) is 1. The van der Waals surface area contributed by atoms with Crippen molar-refractivity contribution in [1.29, 1.82) is 0 Å². The highest BCUT2D eigenvalue weighted by Gasteiger charge is 2.10. The van der Waals surface area contributed by atoms with E-state index in [1.165, 1.54) is 11.3 Å². The van der Waals surface area contributed by atoms with Crippen LogP contribution in [-0.2, 0) is 4.79 Å². The van der Waals surface area contributed by atoms with Gasteiger partial charge in [0.15, 0.2) is 23.3 Å². The molecule has 0 saturated heterocycles. The van der Waals surface area contributed by atoms with Crippen LogP contribution in [0.2, 0.25) is 0 Å². The van der Waals surface area contributed by atoms with Gasteiger partial charge in [-0.15, -0.1) is 0 Å². The molecule has 7 heteroatoms. The minimum absolute atomic E-state index is 0.180. The number of benzene rings is 2. The molecule has 0 atom stereocenters. The first-order valence-corrected chi connectivity index (χ1v) is 7.17. The van der Waals surface area contributed by atoms with E-state index in [9.17, 15) is 13.6 Å². The fourth-order valence-corrected chi connectivity index (χ4v) is 2.70. The normalized spacial score (nSPS) is 10.6. The third kappa shape index (κ3) is 3.20. The number of rotatable bonds is 4. The second-order valence-corrected chi connectivity index (χ2v) is 5.43. The lowest BCUT2D eigenvalue weighted by Crippen LogP contribution is -2.20. The van der Waals surface area contributed by atoms with Gasteiger partial charge in [-0.1, -0.05) is 23.5 Å². The molecular weight excluding hydrogens is 310 g/mol. The van der Waals surface area contributed by atoms with Crippen molar-refractivity contribution in [1.82, 2.24) is 4.98 Å². The van der Waals surface area contributed by atoms with E-state index in [1.807, 2.05) is 24.3 Å². The largest absolute Gasteiger partial charge is 0.481 e. The van der Waals surface area contributed by atoms with Gasteiger partial charge in [0.1, 0.15) is 5.82 Å². The molecule has 1 amide bonds. The van der Waals surface area contributed by atoms with E-state index in [1.54, 1.807) is 0 Å². The Morgan fingerprint density at radius 1 is 1.23 bits per heavy atom. The van der Waals surface area contributed by atoms with Crippen molar-refractivity contribution in [3.05, 3.63) is 54.1 Å². The number of aromatic nitrogens is 1. The van der Waals surface area contributed by atoms with Crippen LogP contribution in [0.5, 0.6) is 5.75 Å². The van der Waals surface area contributed by atoms with Gasteiger partial charge >= 0.3 is 0 Å². The summed E-state index contributed by atoms with van der Waals surface area (Å²) >= 11 is 1.33. The van der Waals surface area contributed by atoms with Gasteiger partial charge in [0.25, 0.3) is 5.91 Å². The molecule has 1 heterocycles. The zero-order chi connectivity index (χ0) is 15.5. The molecule has 0 unspecified atom stereocenters. The maximum Gasteiger partial charge on any atom is 0.264 e. The Kier molecular flexibility index (Phi) is 3.97. The number of carbonyl (C=O) groups is 1. The highest BCUT2D eigenvalue weighted by atomic mass is 32.1. The molecule has 0 aliphatic heterocycles. The molecule has 0 radical (unpaired) electrons. The van der Waals surface area contributed by atoms with Crippen molar-refractivity contribution in [2.24, 2.45) is 0 Å². The standard InChI is InChI=1S/C15H10F2N2O2S/c16-9-5-6-12(10(17)7-9)21-8-14(20)19-15-18-11-3-1-2-4-13(11)22-15/h1-7H,8H2,(H,18,19,20). The van der Waals surface area contributed by atoms with E-state index in [0.29, 0.717) is 11.2 Å². The average Bonchev–Trinajstić information content (AvgIpc) is 2.88. The van der Waals surface area contributed by atoms with E-state index in [0.717, 1.165) is 22.3 Å². The van der Waals surface area contributed by atoms with Crippen molar-refractivity contribution < 1.29 is 18.3 Å². The SMILES string of the molecule is O=C(COc1ccc(F)cc1F)Nc1nc2ccccc2s1. The predicted octanol–water partition coefficient (Wildman–Crippen LogP) is 3.59. The van der Waals surface area contributed by atoms with Crippen molar-refractivity contribution in [2.45, 2.75) is 0 Å². The van der Waals surface area contributed by atoms with E-state index >= 15 is 0 Å². The zero-order valence-corrected chi connectivity index (χ0v) is 12.0. The number of nitrogens with zero attached hydrogens (tertiary/aromatic N) is 1. The van der Waals surface area contributed by atoms with Crippen molar-refractivity contribution in [2.75, 3.05) is 11.9 Å². The number of para-hydroxylation sites is 1. The number of thiazole rings is 1. The average molecular weight is 320 g/mol. The lowest BCUT2D eigenvalue weighted by atomic mass is 10.3. The Morgan fingerprint density at radius 2 is 2.05 bits per heavy atom. The van der Waals surface area contributed by atoms with Crippen LogP contribution in [0.4, 0.5) is 13.9 Å². The molecule has 0 spiro atoms. The number of hydrogen-bond acceptors (Lipinski definition) is 4. The zero-order valence-electron chi connectivity index (χ0n) is 11.2. The predicted molar refractivity (Wildman–Crippen MR) is 80.1 cm³/mol. The smallest absolute Gasteiger partial charge is 0.264 e. The van der Waals surface area contributed by atoms with Crippen LogP contribution in [0.15, 0.2) is 42.5 Å². The van der Waals surface area contributed by atoms with Crippen molar-refractivity contribution in [3.8, 4) is 5.75 Å². The molecule has 1 N–H and O–H groups in total. The molecule has 0 aliphatic carbocycles. The van der Waals surface area contributed by atoms with Gasteiger partial charge in [-0.05, 0) is 24.3 Å². The van der Waals surface area contributed by atoms with E-state index in [4.69, 9.17) is 4.74 Å². The Labute approximate surface area is 128 Å².